The Labute approximate surface area is 151 Å². The van der Waals surface area contributed by atoms with Crippen LogP contribution < -0.4 is 0 Å². The number of halogens is 2. The van der Waals surface area contributed by atoms with E-state index in [0.717, 1.165) is 12.8 Å². The molecule has 0 aliphatic carbocycles. The van der Waals surface area contributed by atoms with Gasteiger partial charge in [-0.25, -0.2) is 23.3 Å². The van der Waals surface area contributed by atoms with Crippen LogP contribution in [0.2, 0.25) is 13.1 Å². The Bertz CT molecular complexity index is 509. The number of rotatable bonds is 2. The van der Waals surface area contributed by atoms with Crippen LogP contribution in [0.5, 0.6) is 0 Å². The Hall–Kier alpha value is 0.211. The Morgan fingerprint density at radius 3 is 1.32 bits per heavy atom. The number of aryl methyl sites for hydroxylation is 4. The van der Waals surface area contributed by atoms with Crippen molar-refractivity contribution in [2.75, 3.05) is 0 Å². The third-order valence-corrected chi connectivity index (χ3v) is 16.8. The normalized spacial score (nSPS) is 9.27. The summed E-state index contributed by atoms with van der Waals surface area (Å²) in [6, 6.07) is 13.1. The van der Waals surface area contributed by atoms with Crippen molar-refractivity contribution in [2.24, 2.45) is 0 Å². The predicted molar refractivity (Wildman–Crippen MR) is 101 cm³/mol. The van der Waals surface area contributed by atoms with Crippen molar-refractivity contribution in [2.45, 2.75) is 53.6 Å². The molecule has 0 aromatic heterocycles. The average Bonchev–Trinajstić information content (AvgIpc) is 3.08. The zero-order valence-electron chi connectivity index (χ0n) is 14.6. The van der Waals surface area contributed by atoms with E-state index >= 15 is 0 Å². The Kier molecular flexibility index (Phi) is 12.7. The minimum absolute atomic E-state index is 0.254. The summed E-state index contributed by atoms with van der Waals surface area (Å²) in [5, 5.41) is 0. The molecule has 0 unspecified atom stereocenters. The molecule has 0 aliphatic heterocycles. The summed E-state index contributed by atoms with van der Waals surface area (Å²) in [5.41, 5.74) is 5.65. The van der Waals surface area contributed by atoms with Crippen LogP contribution in [0.3, 0.4) is 0 Å². The minimum atomic E-state index is -1.42. The number of hydrogen-bond acceptors (Lipinski definition) is 0. The fraction of sp³-hybridized carbons (Fsp3) is 0.444. The van der Waals surface area contributed by atoms with Gasteiger partial charge in [0.15, 0.2) is 0 Å². The van der Waals surface area contributed by atoms with Crippen molar-refractivity contribution in [1.29, 1.82) is 0 Å². The summed E-state index contributed by atoms with van der Waals surface area (Å²) in [5.74, 6) is 0. The predicted octanol–water partition coefficient (Wildman–Crippen LogP) is 6.72. The van der Waals surface area contributed by atoms with Gasteiger partial charge in [0, 0.05) is 0 Å². The van der Waals surface area contributed by atoms with E-state index < -0.39 is 14.5 Å². The van der Waals surface area contributed by atoms with Gasteiger partial charge in [0.2, 0.25) is 0 Å². The van der Waals surface area contributed by atoms with Crippen LogP contribution in [0.15, 0.2) is 36.4 Å². The summed E-state index contributed by atoms with van der Waals surface area (Å²) in [6.07, 6.45) is 2.07. The van der Waals surface area contributed by atoms with Gasteiger partial charge in [-0.1, -0.05) is 40.5 Å². The molecule has 0 spiro atoms. The van der Waals surface area contributed by atoms with E-state index in [4.69, 9.17) is 18.6 Å². The van der Waals surface area contributed by atoms with Gasteiger partial charge in [0.25, 0.3) is 0 Å². The summed E-state index contributed by atoms with van der Waals surface area (Å²) in [4.78, 5) is 0. The molecule has 0 heterocycles. The molecule has 0 saturated carbocycles. The standard InChI is InChI=1S/2C8H11.C2H6Si.2ClH.Ti/c2*1-3-8-5-4-7(2)6-8;1-3-2;;;/h2*4-6H,3H2,1-2H3;1-2H3;2*1H;/q2*-1;;;;+2/p-2. The van der Waals surface area contributed by atoms with Gasteiger partial charge in [0.05, 0.1) is 0 Å². The molecular weight excluding hydrogens is 363 g/mol. The molecule has 22 heavy (non-hydrogen) atoms. The van der Waals surface area contributed by atoms with Crippen LogP contribution in [0.25, 0.3) is 0 Å². The summed E-state index contributed by atoms with van der Waals surface area (Å²) in [6.45, 7) is 12.9. The van der Waals surface area contributed by atoms with Crippen molar-refractivity contribution in [3.63, 3.8) is 0 Å². The first kappa shape index (κ1) is 22.2. The first-order valence-corrected chi connectivity index (χ1v) is 16.9. The van der Waals surface area contributed by atoms with Gasteiger partial charge < -0.3 is 0 Å². The third kappa shape index (κ3) is 10.9. The molecule has 124 valence electrons. The molecule has 4 heteroatoms. The maximum absolute atomic E-state index is 5.59. The first-order chi connectivity index (χ1) is 10.3. The van der Waals surface area contributed by atoms with E-state index in [-0.39, 0.29) is 6.19 Å². The summed E-state index contributed by atoms with van der Waals surface area (Å²) in [7, 11) is 11.2. The van der Waals surface area contributed by atoms with E-state index in [9.17, 15) is 0 Å². The van der Waals surface area contributed by atoms with Gasteiger partial charge >= 0.3 is 52.4 Å². The second-order valence-electron chi connectivity index (χ2n) is 5.56. The summed E-state index contributed by atoms with van der Waals surface area (Å²) < 4.78 is 0. The van der Waals surface area contributed by atoms with E-state index in [0.29, 0.717) is 0 Å². The quantitative estimate of drug-likeness (QED) is 0.394. The SMILES string of the molecule is CCc1cc(C)c[cH-]1.CCc1cc(C)c[cH-]1.C[Si](C)=[Ti]([Cl])[Cl]. The number of hydrogen-bond donors (Lipinski definition) is 0. The van der Waals surface area contributed by atoms with Gasteiger partial charge in [-0.05, 0) is 0 Å². The maximum atomic E-state index is 5.59. The Balaban J connectivity index is 0.000000306. The molecule has 0 aliphatic rings. The molecule has 2 rings (SSSR count). The second kappa shape index (κ2) is 12.6. The van der Waals surface area contributed by atoms with Gasteiger partial charge in [0.1, 0.15) is 0 Å². The third-order valence-electron chi connectivity index (χ3n) is 3.14. The monoisotopic (exact) mass is 390 g/mol. The van der Waals surface area contributed by atoms with Crippen molar-refractivity contribution in [3.05, 3.63) is 58.7 Å². The molecule has 0 fully saturated rings. The van der Waals surface area contributed by atoms with Crippen molar-refractivity contribution in [3.8, 4) is 0 Å². The van der Waals surface area contributed by atoms with E-state index in [1.54, 1.807) is 0 Å². The molecule has 0 saturated heterocycles. The van der Waals surface area contributed by atoms with Crippen molar-refractivity contribution in [1.82, 2.24) is 0 Å². The molecule has 2 aromatic rings. The van der Waals surface area contributed by atoms with Crippen molar-refractivity contribution < 1.29 is 14.5 Å². The van der Waals surface area contributed by atoms with E-state index in [2.05, 4.69) is 77.2 Å². The van der Waals surface area contributed by atoms with E-state index in [1.165, 1.54) is 22.3 Å². The van der Waals surface area contributed by atoms with Gasteiger partial charge in [-0.3, -0.25) is 0 Å². The average molecular weight is 391 g/mol. The fourth-order valence-electron chi connectivity index (χ4n) is 1.69. The molecular formula is C18H28Cl2SiTi-2. The van der Waals surface area contributed by atoms with Gasteiger partial charge in [-0.2, -0.15) is 35.4 Å². The zero-order chi connectivity index (χ0) is 17.1. The fourth-order valence-corrected chi connectivity index (χ4v) is 1.69. The Morgan fingerprint density at radius 1 is 0.909 bits per heavy atom. The molecule has 0 atom stereocenters. The molecule has 2 aromatic carbocycles. The first-order valence-electron chi connectivity index (χ1n) is 7.73. The van der Waals surface area contributed by atoms with Crippen LogP contribution in [-0.4, -0.2) is 6.19 Å². The van der Waals surface area contributed by atoms with Crippen LogP contribution in [-0.2, 0) is 27.3 Å². The van der Waals surface area contributed by atoms with Crippen molar-refractivity contribution >= 4 is 24.8 Å². The van der Waals surface area contributed by atoms with Gasteiger partial charge in [-0.15, -0.1) is 0 Å². The molecule has 0 amide bonds. The molecule has 0 nitrogen and oxygen atoms in total. The zero-order valence-corrected chi connectivity index (χ0v) is 18.7. The summed E-state index contributed by atoms with van der Waals surface area (Å²) >= 11 is -1.42. The topological polar surface area (TPSA) is 0 Å². The van der Waals surface area contributed by atoms with Crippen LogP contribution in [0.4, 0.5) is 0 Å². The van der Waals surface area contributed by atoms with Crippen LogP contribution in [0, 0.1) is 13.8 Å². The van der Waals surface area contributed by atoms with Crippen LogP contribution in [0.1, 0.15) is 36.1 Å². The second-order valence-corrected chi connectivity index (χ2v) is 21.6. The molecule has 0 N–H and O–H groups in total. The molecule has 0 radical (unpaired) electrons. The molecule has 0 bridgehead atoms. The Morgan fingerprint density at radius 2 is 1.23 bits per heavy atom. The van der Waals surface area contributed by atoms with E-state index in [1.807, 2.05) is 0 Å². The van der Waals surface area contributed by atoms with Crippen LogP contribution >= 0.6 is 18.6 Å².